The molecule has 0 bridgehead atoms. The van der Waals surface area contributed by atoms with Crippen LogP contribution in [-0.2, 0) is 22.6 Å². The smallest absolute Gasteiger partial charge is 0.243 e. The summed E-state index contributed by atoms with van der Waals surface area (Å²) in [7, 11) is 0. The Morgan fingerprint density at radius 3 is 2.81 bits per heavy atom. The quantitative estimate of drug-likeness (QED) is 0.616. The number of rotatable bonds is 7. The summed E-state index contributed by atoms with van der Waals surface area (Å²) in [6.45, 7) is 2.50. The molecule has 2 aromatic carbocycles. The van der Waals surface area contributed by atoms with Crippen LogP contribution in [0.15, 0.2) is 48.5 Å². The number of carbonyl (C=O) groups excluding carboxylic acids is 1. The molecule has 0 unspecified atom stereocenters. The molecule has 1 fully saturated rings. The molecule has 10 heteroatoms. The minimum absolute atomic E-state index is 0.0505. The predicted octanol–water partition coefficient (Wildman–Crippen LogP) is 1.64. The van der Waals surface area contributed by atoms with Gasteiger partial charge in [-0.15, -0.1) is 10.2 Å². The normalized spacial score (nSPS) is 16.9. The maximum atomic E-state index is 13.4. The van der Waals surface area contributed by atoms with E-state index in [1.54, 1.807) is 6.07 Å². The predicted molar refractivity (Wildman–Crippen MR) is 108 cm³/mol. The Labute approximate surface area is 177 Å². The van der Waals surface area contributed by atoms with Crippen LogP contribution in [0.2, 0.25) is 0 Å². The zero-order valence-electron chi connectivity index (χ0n) is 16.7. The minimum atomic E-state index is -0.857. The van der Waals surface area contributed by atoms with Gasteiger partial charge < -0.3 is 10.1 Å². The zero-order valence-corrected chi connectivity index (χ0v) is 16.7. The van der Waals surface area contributed by atoms with Gasteiger partial charge in [0.1, 0.15) is 6.54 Å². The van der Waals surface area contributed by atoms with Gasteiger partial charge in [0, 0.05) is 31.7 Å². The molecule has 8 nitrogen and oxygen atoms in total. The van der Waals surface area contributed by atoms with Crippen molar-refractivity contribution in [3.63, 3.8) is 0 Å². The summed E-state index contributed by atoms with van der Waals surface area (Å²) in [4.78, 5) is 15.6. The van der Waals surface area contributed by atoms with E-state index in [4.69, 9.17) is 4.74 Å². The number of nitrogens with one attached hydrogen (secondary N) is 1. The lowest BCUT2D eigenvalue weighted by atomic mass is 10.1. The second kappa shape index (κ2) is 9.71. The van der Waals surface area contributed by atoms with Crippen molar-refractivity contribution in [1.82, 2.24) is 30.4 Å². The fourth-order valence-electron chi connectivity index (χ4n) is 3.37. The Morgan fingerprint density at radius 2 is 2.00 bits per heavy atom. The number of carbonyl (C=O) groups is 1. The first-order valence-electron chi connectivity index (χ1n) is 9.94. The molecular formula is C21H22F2N6O2. The van der Waals surface area contributed by atoms with Crippen LogP contribution in [0.4, 0.5) is 8.78 Å². The van der Waals surface area contributed by atoms with Gasteiger partial charge in [-0.2, -0.15) is 4.80 Å². The molecule has 1 aliphatic rings. The second-order valence-electron chi connectivity index (χ2n) is 7.29. The Morgan fingerprint density at radius 1 is 1.16 bits per heavy atom. The zero-order chi connectivity index (χ0) is 21.6. The van der Waals surface area contributed by atoms with Gasteiger partial charge in [-0.3, -0.25) is 9.69 Å². The van der Waals surface area contributed by atoms with Crippen LogP contribution in [0.1, 0.15) is 5.56 Å². The Hall–Kier alpha value is -3.24. The van der Waals surface area contributed by atoms with E-state index in [2.05, 4.69) is 25.6 Å². The van der Waals surface area contributed by atoms with E-state index in [0.717, 1.165) is 11.6 Å². The van der Waals surface area contributed by atoms with Gasteiger partial charge in [-0.05, 0) is 22.9 Å². The molecule has 3 aromatic rings. The molecule has 0 radical (unpaired) electrons. The average Bonchev–Trinajstić information content (AvgIpc) is 3.24. The number of hydrogen-bond donors (Lipinski definition) is 1. The number of aromatic nitrogens is 4. The molecule has 0 saturated carbocycles. The van der Waals surface area contributed by atoms with Gasteiger partial charge in [0.25, 0.3) is 0 Å². The van der Waals surface area contributed by atoms with E-state index in [-0.39, 0.29) is 18.6 Å². The number of halogens is 2. The van der Waals surface area contributed by atoms with E-state index in [1.807, 2.05) is 30.3 Å². The molecular weight excluding hydrogens is 406 g/mol. The number of amides is 1. The molecule has 1 atom stereocenters. The first-order valence-corrected chi connectivity index (χ1v) is 9.94. The van der Waals surface area contributed by atoms with Crippen molar-refractivity contribution in [3.8, 4) is 11.4 Å². The second-order valence-corrected chi connectivity index (χ2v) is 7.29. The van der Waals surface area contributed by atoms with Crippen molar-refractivity contribution < 1.29 is 18.3 Å². The first-order chi connectivity index (χ1) is 15.1. The summed E-state index contributed by atoms with van der Waals surface area (Å²) in [5.74, 6) is -1.51. The molecule has 2 heterocycles. The van der Waals surface area contributed by atoms with Gasteiger partial charge in [-0.25, -0.2) is 8.78 Å². The molecule has 31 heavy (non-hydrogen) atoms. The fraction of sp³-hybridized carbons (Fsp3) is 0.333. The Balaban J connectivity index is 1.24. The standard InChI is InChI=1S/C21H22F2N6O2/c22-18-7-6-15(10-19(18)23)12-28-8-9-31-17(13-28)11-24-20(30)14-29-26-21(25-27-29)16-4-2-1-3-5-16/h1-7,10,17H,8-9,11-14H2,(H,24,30)/t17-/m0/s1. The molecule has 4 rings (SSSR count). The number of morpholine rings is 1. The number of ether oxygens (including phenoxy) is 1. The third kappa shape index (κ3) is 5.68. The summed E-state index contributed by atoms with van der Waals surface area (Å²) in [5, 5.41) is 14.9. The highest BCUT2D eigenvalue weighted by Gasteiger charge is 2.21. The number of benzene rings is 2. The third-order valence-corrected chi connectivity index (χ3v) is 4.91. The van der Waals surface area contributed by atoms with E-state index < -0.39 is 11.6 Å². The summed E-state index contributed by atoms with van der Waals surface area (Å²) in [5.41, 5.74) is 1.51. The van der Waals surface area contributed by atoms with Crippen LogP contribution in [-0.4, -0.2) is 63.4 Å². The SMILES string of the molecule is O=C(Cn1nnc(-c2ccccc2)n1)NC[C@H]1CN(Cc2ccc(F)c(F)c2)CCO1. The molecule has 1 amide bonds. The lowest BCUT2D eigenvalue weighted by Crippen LogP contribution is -2.47. The van der Waals surface area contributed by atoms with Crippen molar-refractivity contribution in [2.75, 3.05) is 26.2 Å². The lowest BCUT2D eigenvalue weighted by Gasteiger charge is -2.33. The van der Waals surface area contributed by atoms with Crippen LogP contribution in [0.3, 0.4) is 0 Å². The van der Waals surface area contributed by atoms with Crippen molar-refractivity contribution >= 4 is 5.91 Å². The van der Waals surface area contributed by atoms with Gasteiger partial charge in [0.2, 0.25) is 11.7 Å². The minimum Gasteiger partial charge on any atom is -0.374 e. The van der Waals surface area contributed by atoms with Crippen LogP contribution in [0.5, 0.6) is 0 Å². The van der Waals surface area contributed by atoms with Crippen molar-refractivity contribution in [2.24, 2.45) is 0 Å². The topological polar surface area (TPSA) is 85.2 Å². The first kappa shape index (κ1) is 21.0. The van der Waals surface area contributed by atoms with Crippen LogP contribution >= 0.6 is 0 Å². The molecule has 1 N–H and O–H groups in total. The van der Waals surface area contributed by atoms with Crippen molar-refractivity contribution in [2.45, 2.75) is 19.2 Å². The van der Waals surface area contributed by atoms with Crippen LogP contribution < -0.4 is 5.32 Å². The van der Waals surface area contributed by atoms with Gasteiger partial charge in [0.15, 0.2) is 11.6 Å². The van der Waals surface area contributed by atoms with E-state index in [0.29, 0.717) is 44.2 Å². The monoisotopic (exact) mass is 428 g/mol. The molecule has 1 aliphatic heterocycles. The summed E-state index contributed by atoms with van der Waals surface area (Å²) in [6.07, 6.45) is -0.202. The number of tetrazole rings is 1. The fourth-order valence-corrected chi connectivity index (χ4v) is 3.37. The highest BCUT2D eigenvalue weighted by Crippen LogP contribution is 2.14. The maximum absolute atomic E-state index is 13.4. The van der Waals surface area contributed by atoms with E-state index in [9.17, 15) is 13.6 Å². The maximum Gasteiger partial charge on any atom is 0.243 e. The highest BCUT2D eigenvalue weighted by atomic mass is 19.2. The third-order valence-electron chi connectivity index (χ3n) is 4.91. The summed E-state index contributed by atoms with van der Waals surface area (Å²) >= 11 is 0. The molecule has 162 valence electrons. The van der Waals surface area contributed by atoms with Crippen molar-refractivity contribution in [3.05, 3.63) is 65.7 Å². The number of nitrogens with zero attached hydrogens (tertiary/aromatic N) is 5. The van der Waals surface area contributed by atoms with E-state index >= 15 is 0 Å². The van der Waals surface area contributed by atoms with Gasteiger partial charge >= 0.3 is 0 Å². The number of hydrogen-bond acceptors (Lipinski definition) is 6. The van der Waals surface area contributed by atoms with Crippen molar-refractivity contribution in [1.29, 1.82) is 0 Å². The molecule has 0 aliphatic carbocycles. The van der Waals surface area contributed by atoms with E-state index in [1.165, 1.54) is 10.9 Å². The highest BCUT2D eigenvalue weighted by molar-refractivity contribution is 5.75. The molecule has 1 saturated heterocycles. The lowest BCUT2D eigenvalue weighted by molar-refractivity contribution is -0.123. The molecule has 1 aromatic heterocycles. The van der Waals surface area contributed by atoms with Gasteiger partial charge in [-0.1, -0.05) is 36.4 Å². The van der Waals surface area contributed by atoms with Gasteiger partial charge in [0.05, 0.1) is 12.7 Å². The largest absolute Gasteiger partial charge is 0.374 e. The Bertz CT molecular complexity index is 1030. The average molecular weight is 428 g/mol. The summed E-state index contributed by atoms with van der Waals surface area (Å²) in [6, 6.07) is 13.3. The van der Waals surface area contributed by atoms with Crippen LogP contribution in [0.25, 0.3) is 11.4 Å². The summed E-state index contributed by atoms with van der Waals surface area (Å²) < 4.78 is 32.2. The molecule has 0 spiro atoms. The van der Waals surface area contributed by atoms with Crippen LogP contribution in [0, 0.1) is 11.6 Å². The Kier molecular flexibility index (Phi) is 6.58.